The Balaban J connectivity index is 2.34. The molecule has 0 aliphatic carbocycles. The zero-order valence-electron chi connectivity index (χ0n) is 9.49. The Bertz CT molecular complexity index is 397. The van der Waals surface area contributed by atoms with Gasteiger partial charge in [-0.3, -0.25) is 4.79 Å². The van der Waals surface area contributed by atoms with Crippen LogP contribution in [0.1, 0.15) is 30.1 Å². The first-order chi connectivity index (χ1) is 7.69. The highest BCUT2D eigenvalue weighted by atomic mass is 16.1. The standard InChI is InChI=1S/C12H17N3O/c1-2-12(5-7-14-8-12)10(16)9-4-3-6-15-11(9)13/h3-4,6,14H,2,5,7-8H2,1H3,(H2,13,15). The topological polar surface area (TPSA) is 68.0 Å². The third kappa shape index (κ3) is 1.69. The van der Waals surface area contributed by atoms with E-state index in [-0.39, 0.29) is 11.2 Å². The molecule has 1 aromatic heterocycles. The molecule has 0 amide bonds. The number of carbonyl (C=O) groups excluding carboxylic acids is 1. The molecule has 4 nitrogen and oxygen atoms in total. The molecular formula is C12H17N3O. The Morgan fingerprint density at radius 1 is 1.69 bits per heavy atom. The third-order valence-corrected chi connectivity index (χ3v) is 3.49. The number of nitrogens with two attached hydrogens (primary N) is 1. The van der Waals surface area contributed by atoms with E-state index in [1.807, 2.05) is 0 Å². The molecule has 2 rings (SSSR count). The summed E-state index contributed by atoms with van der Waals surface area (Å²) in [5.74, 6) is 0.470. The molecule has 1 unspecified atom stereocenters. The second kappa shape index (κ2) is 4.22. The number of aromatic nitrogens is 1. The summed E-state index contributed by atoms with van der Waals surface area (Å²) in [6, 6.07) is 3.52. The summed E-state index contributed by atoms with van der Waals surface area (Å²) in [5, 5.41) is 3.25. The first-order valence-electron chi connectivity index (χ1n) is 5.65. The largest absolute Gasteiger partial charge is 0.383 e. The van der Waals surface area contributed by atoms with Crippen molar-refractivity contribution in [1.82, 2.24) is 10.3 Å². The molecule has 0 saturated carbocycles. The lowest BCUT2D eigenvalue weighted by Gasteiger charge is -2.25. The lowest BCUT2D eigenvalue weighted by atomic mass is 9.77. The molecule has 1 fully saturated rings. The van der Waals surface area contributed by atoms with Gasteiger partial charge in [0, 0.05) is 18.2 Å². The van der Waals surface area contributed by atoms with Crippen LogP contribution in [0.4, 0.5) is 5.82 Å². The zero-order valence-corrected chi connectivity index (χ0v) is 9.49. The number of hydrogen-bond donors (Lipinski definition) is 2. The summed E-state index contributed by atoms with van der Waals surface area (Å²) in [6.07, 6.45) is 3.33. The van der Waals surface area contributed by atoms with E-state index in [1.54, 1.807) is 18.3 Å². The number of nitrogen functional groups attached to an aromatic ring is 1. The highest BCUT2D eigenvalue weighted by Crippen LogP contribution is 2.34. The predicted octanol–water partition coefficient (Wildman–Crippen LogP) is 1.24. The Morgan fingerprint density at radius 2 is 2.50 bits per heavy atom. The Hall–Kier alpha value is -1.42. The van der Waals surface area contributed by atoms with Crippen LogP contribution < -0.4 is 11.1 Å². The van der Waals surface area contributed by atoms with Gasteiger partial charge in [-0.15, -0.1) is 0 Å². The molecule has 0 aromatic carbocycles. The fourth-order valence-electron chi connectivity index (χ4n) is 2.30. The van der Waals surface area contributed by atoms with E-state index >= 15 is 0 Å². The van der Waals surface area contributed by atoms with Gasteiger partial charge in [-0.05, 0) is 31.5 Å². The van der Waals surface area contributed by atoms with Crippen LogP contribution in [0.25, 0.3) is 0 Å². The first kappa shape index (κ1) is 11.1. The van der Waals surface area contributed by atoms with Gasteiger partial charge in [0.15, 0.2) is 5.78 Å². The number of pyridine rings is 1. The zero-order chi connectivity index (χ0) is 11.6. The van der Waals surface area contributed by atoms with Crippen molar-refractivity contribution >= 4 is 11.6 Å². The van der Waals surface area contributed by atoms with Crippen molar-refractivity contribution < 1.29 is 4.79 Å². The normalized spacial score (nSPS) is 24.6. The number of nitrogens with one attached hydrogen (secondary N) is 1. The highest BCUT2D eigenvalue weighted by Gasteiger charge is 2.40. The molecule has 4 heteroatoms. The SMILES string of the molecule is CCC1(C(=O)c2cccnc2N)CCNC1. The summed E-state index contributed by atoms with van der Waals surface area (Å²) in [7, 11) is 0. The maximum absolute atomic E-state index is 12.5. The summed E-state index contributed by atoms with van der Waals surface area (Å²) < 4.78 is 0. The number of nitrogens with zero attached hydrogens (tertiary/aromatic N) is 1. The van der Waals surface area contributed by atoms with Gasteiger partial charge in [0.25, 0.3) is 0 Å². The van der Waals surface area contributed by atoms with Gasteiger partial charge in [-0.25, -0.2) is 4.98 Å². The average molecular weight is 219 g/mol. The van der Waals surface area contributed by atoms with Crippen LogP contribution in [-0.2, 0) is 0 Å². The van der Waals surface area contributed by atoms with E-state index in [9.17, 15) is 4.79 Å². The van der Waals surface area contributed by atoms with Crippen molar-refractivity contribution in [2.75, 3.05) is 18.8 Å². The summed E-state index contributed by atoms with van der Waals surface area (Å²) in [4.78, 5) is 16.4. The summed E-state index contributed by atoms with van der Waals surface area (Å²) >= 11 is 0. The second-order valence-electron chi connectivity index (χ2n) is 4.33. The van der Waals surface area contributed by atoms with Crippen LogP contribution in [0.3, 0.4) is 0 Å². The van der Waals surface area contributed by atoms with E-state index in [1.165, 1.54) is 0 Å². The fourth-order valence-corrected chi connectivity index (χ4v) is 2.30. The van der Waals surface area contributed by atoms with Gasteiger partial charge < -0.3 is 11.1 Å². The smallest absolute Gasteiger partial charge is 0.174 e. The van der Waals surface area contributed by atoms with Gasteiger partial charge in [0.1, 0.15) is 5.82 Å². The van der Waals surface area contributed by atoms with Gasteiger partial charge >= 0.3 is 0 Å². The van der Waals surface area contributed by atoms with E-state index in [4.69, 9.17) is 5.73 Å². The summed E-state index contributed by atoms with van der Waals surface area (Å²) in [5.41, 5.74) is 6.03. The van der Waals surface area contributed by atoms with E-state index in [2.05, 4.69) is 17.2 Å². The molecule has 16 heavy (non-hydrogen) atoms. The molecule has 1 atom stereocenters. The molecule has 0 spiro atoms. The predicted molar refractivity (Wildman–Crippen MR) is 63.2 cm³/mol. The van der Waals surface area contributed by atoms with E-state index in [0.717, 1.165) is 25.9 Å². The third-order valence-electron chi connectivity index (χ3n) is 3.49. The number of carbonyl (C=O) groups is 1. The van der Waals surface area contributed by atoms with Gasteiger partial charge in [-0.2, -0.15) is 0 Å². The van der Waals surface area contributed by atoms with Crippen LogP contribution in [0.2, 0.25) is 0 Å². The lowest BCUT2D eigenvalue weighted by Crippen LogP contribution is -2.33. The molecular weight excluding hydrogens is 202 g/mol. The first-order valence-corrected chi connectivity index (χ1v) is 5.65. The Labute approximate surface area is 95.3 Å². The molecule has 0 bridgehead atoms. The fraction of sp³-hybridized carbons (Fsp3) is 0.500. The van der Waals surface area contributed by atoms with E-state index in [0.29, 0.717) is 11.4 Å². The molecule has 1 aliphatic heterocycles. The van der Waals surface area contributed by atoms with Crippen molar-refractivity contribution in [1.29, 1.82) is 0 Å². The molecule has 86 valence electrons. The number of Topliss-reactive ketones (excluding diaryl/α,β-unsaturated/α-hetero) is 1. The average Bonchev–Trinajstić information content (AvgIpc) is 2.78. The van der Waals surface area contributed by atoms with Crippen molar-refractivity contribution in [2.24, 2.45) is 5.41 Å². The minimum Gasteiger partial charge on any atom is -0.383 e. The van der Waals surface area contributed by atoms with Gasteiger partial charge in [0.2, 0.25) is 0 Å². The number of anilines is 1. The number of ketones is 1. The van der Waals surface area contributed by atoms with Crippen LogP contribution in [0.15, 0.2) is 18.3 Å². The minimum atomic E-state index is -0.281. The monoisotopic (exact) mass is 219 g/mol. The molecule has 2 heterocycles. The Kier molecular flexibility index (Phi) is 2.92. The molecule has 1 saturated heterocycles. The van der Waals surface area contributed by atoms with E-state index < -0.39 is 0 Å². The molecule has 0 radical (unpaired) electrons. The van der Waals surface area contributed by atoms with Gasteiger partial charge in [-0.1, -0.05) is 6.92 Å². The highest BCUT2D eigenvalue weighted by molar-refractivity contribution is 6.04. The summed E-state index contributed by atoms with van der Waals surface area (Å²) in [6.45, 7) is 3.70. The maximum atomic E-state index is 12.5. The van der Waals surface area contributed by atoms with Crippen LogP contribution in [-0.4, -0.2) is 23.9 Å². The van der Waals surface area contributed by atoms with Gasteiger partial charge in [0.05, 0.1) is 5.56 Å². The second-order valence-corrected chi connectivity index (χ2v) is 4.33. The minimum absolute atomic E-state index is 0.130. The molecule has 3 N–H and O–H groups in total. The lowest BCUT2D eigenvalue weighted by molar-refractivity contribution is 0.0811. The van der Waals surface area contributed by atoms with Crippen LogP contribution in [0, 0.1) is 5.41 Å². The van der Waals surface area contributed by atoms with Crippen molar-refractivity contribution in [3.8, 4) is 0 Å². The molecule has 1 aliphatic rings. The van der Waals surface area contributed by atoms with Crippen LogP contribution >= 0.6 is 0 Å². The Morgan fingerprint density at radius 3 is 3.06 bits per heavy atom. The van der Waals surface area contributed by atoms with Crippen LogP contribution in [0.5, 0.6) is 0 Å². The van der Waals surface area contributed by atoms with Crippen molar-refractivity contribution in [3.05, 3.63) is 23.9 Å². The molecule has 1 aromatic rings. The van der Waals surface area contributed by atoms with Crippen molar-refractivity contribution in [3.63, 3.8) is 0 Å². The quantitative estimate of drug-likeness (QED) is 0.750. The number of hydrogen-bond acceptors (Lipinski definition) is 4. The van der Waals surface area contributed by atoms with Crippen molar-refractivity contribution in [2.45, 2.75) is 19.8 Å². The number of rotatable bonds is 3. The maximum Gasteiger partial charge on any atom is 0.174 e.